The second-order valence-electron chi connectivity index (χ2n) is 6.80. The number of aromatic amines is 1. The van der Waals surface area contributed by atoms with Crippen molar-refractivity contribution in [3.8, 4) is 0 Å². The fourth-order valence-electron chi connectivity index (χ4n) is 3.98. The van der Waals surface area contributed by atoms with Crippen LogP contribution in [0.5, 0.6) is 0 Å². The van der Waals surface area contributed by atoms with Gasteiger partial charge in [-0.3, -0.25) is 9.59 Å². The molecule has 0 aliphatic heterocycles. The monoisotopic (exact) mass is 302 g/mol. The Morgan fingerprint density at radius 2 is 2.00 bits per heavy atom. The second-order valence-corrected chi connectivity index (χ2v) is 6.80. The summed E-state index contributed by atoms with van der Waals surface area (Å²) < 4.78 is 0. The molecule has 0 aromatic carbocycles. The van der Waals surface area contributed by atoms with Gasteiger partial charge in [-0.2, -0.15) is 0 Å². The molecule has 0 atom stereocenters. The first-order chi connectivity index (χ1) is 10.7. The summed E-state index contributed by atoms with van der Waals surface area (Å²) >= 11 is 0. The Morgan fingerprint density at radius 3 is 2.73 bits per heavy atom. The predicted octanol–water partition coefficient (Wildman–Crippen LogP) is 3.54. The molecule has 4 nitrogen and oxygen atoms in total. The van der Waals surface area contributed by atoms with E-state index in [9.17, 15) is 9.59 Å². The van der Waals surface area contributed by atoms with Gasteiger partial charge >= 0.3 is 0 Å². The number of fused-ring (bicyclic) bond motifs is 1. The fraction of sp³-hybridized carbons (Fsp3) is 0.667. The van der Waals surface area contributed by atoms with E-state index in [0.29, 0.717) is 12.1 Å². The molecule has 0 spiro atoms. The number of hydrogen-bond donors (Lipinski definition) is 2. The van der Waals surface area contributed by atoms with Crippen LogP contribution in [0.25, 0.3) is 0 Å². The highest BCUT2D eigenvalue weighted by molar-refractivity contribution is 6.04. The van der Waals surface area contributed by atoms with Gasteiger partial charge in [0, 0.05) is 24.2 Å². The van der Waals surface area contributed by atoms with E-state index in [0.717, 1.165) is 48.5 Å². The molecule has 1 amide bonds. The van der Waals surface area contributed by atoms with Crippen LogP contribution in [0.1, 0.15) is 83.5 Å². The quantitative estimate of drug-likeness (QED) is 0.817. The third kappa shape index (κ3) is 3.11. The zero-order valence-electron chi connectivity index (χ0n) is 13.5. The summed E-state index contributed by atoms with van der Waals surface area (Å²) in [6, 6.07) is 0. The molecule has 0 unspecified atom stereocenters. The van der Waals surface area contributed by atoms with Gasteiger partial charge in [-0.1, -0.05) is 25.7 Å². The normalized spacial score (nSPS) is 18.5. The first-order valence-electron chi connectivity index (χ1n) is 8.69. The Morgan fingerprint density at radius 1 is 1.23 bits per heavy atom. The van der Waals surface area contributed by atoms with Gasteiger partial charge in [0.15, 0.2) is 5.78 Å². The van der Waals surface area contributed by atoms with E-state index in [4.69, 9.17) is 0 Å². The van der Waals surface area contributed by atoms with Crippen LogP contribution < -0.4 is 5.32 Å². The number of Topliss-reactive ketones (excluding diaryl/α,β-unsaturated/α-hetero) is 1. The molecular weight excluding hydrogens is 276 g/mol. The minimum atomic E-state index is -0.0638. The van der Waals surface area contributed by atoms with Crippen molar-refractivity contribution >= 4 is 11.7 Å². The van der Waals surface area contributed by atoms with Crippen molar-refractivity contribution in [2.45, 2.75) is 64.7 Å². The average molecular weight is 302 g/mol. The van der Waals surface area contributed by atoms with Crippen molar-refractivity contribution in [2.75, 3.05) is 6.54 Å². The van der Waals surface area contributed by atoms with E-state index in [2.05, 4.69) is 10.3 Å². The molecule has 4 heteroatoms. The van der Waals surface area contributed by atoms with E-state index in [1.165, 1.54) is 32.1 Å². The van der Waals surface area contributed by atoms with Crippen LogP contribution in [0.3, 0.4) is 0 Å². The summed E-state index contributed by atoms with van der Waals surface area (Å²) in [4.78, 5) is 27.5. The van der Waals surface area contributed by atoms with Crippen molar-refractivity contribution in [1.29, 1.82) is 0 Å². The van der Waals surface area contributed by atoms with Gasteiger partial charge in [-0.25, -0.2) is 0 Å². The third-order valence-corrected chi connectivity index (χ3v) is 5.21. The van der Waals surface area contributed by atoms with E-state index < -0.39 is 0 Å². The zero-order valence-corrected chi connectivity index (χ0v) is 13.5. The molecule has 0 saturated heterocycles. The van der Waals surface area contributed by atoms with Crippen molar-refractivity contribution < 1.29 is 9.59 Å². The summed E-state index contributed by atoms with van der Waals surface area (Å²) in [5.74, 6) is 0.982. The summed E-state index contributed by atoms with van der Waals surface area (Å²) in [5.41, 5.74) is 3.13. The highest BCUT2D eigenvalue weighted by atomic mass is 16.2. The number of aryl methyl sites for hydroxylation is 1. The molecule has 1 aromatic heterocycles. The molecule has 2 N–H and O–H groups in total. The molecule has 0 radical (unpaired) electrons. The van der Waals surface area contributed by atoms with Gasteiger partial charge in [-0.05, 0) is 44.1 Å². The summed E-state index contributed by atoms with van der Waals surface area (Å²) in [6.07, 6.45) is 10.1. The number of ketones is 1. The van der Waals surface area contributed by atoms with E-state index in [1.54, 1.807) is 0 Å². The Hall–Kier alpha value is -1.58. The molecular formula is C18H26N2O2. The third-order valence-electron chi connectivity index (χ3n) is 5.21. The van der Waals surface area contributed by atoms with Crippen LogP contribution in [0.2, 0.25) is 0 Å². The lowest BCUT2D eigenvalue weighted by molar-refractivity contribution is 0.0946. The smallest absolute Gasteiger partial charge is 0.268 e. The molecule has 1 fully saturated rings. The summed E-state index contributed by atoms with van der Waals surface area (Å²) in [6.45, 7) is 2.61. The van der Waals surface area contributed by atoms with Crippen LogP contribution in [-0.2, 0) is 6.42 Å². The molecule has 1 heterocycles. The maximum absolute atomic E-state index is 12.3. The zero-order chi connectivity index (χ0) is 15.5. The van der Waals surface area contributed by atoms with Crippen molar-refractivity contribution in [3.63, 3.8) is 0 Å². The number of H-pyrrole nitrogens is 1. The Balaban J connectivity index is 1.55. The van der Waals surface area contributed by atoms with Gasteiger partial charge in [0.1, 0.15) is 5.69 Å². The Kier molecular flexibility index (Phi) is 4.65. The molecule has 0 bridgehead atoms. The molecule has 1 saturated carbocycles. The van der Waals surface area contributed by atoms with Gasteiger partial charge in [0.25, 0.3) is 5.91 Å². The van der Waals surface area contributed by atoms with Gasteiger partial charge in [0.05, 0.1) is 0 Å². The molecule has 3 rings (SSSR count). The van der Waals surface area contributed by atoms with Crippen LogP contribution in [0.4, 0.5) is 0 Å². The Labute approximate surface area is 132 Å². The lowest BCUT2D eigenvalue weighted by Gasteiger charge is -2.09. The average Bonchev–Trinajstić information content (AvgIpc) is 3.12. The second kappa shape index (κ2) is 6.67. The van der Waals surface area contributed by atoms with Crippen molar-refractivity contribution in [1.82, 2.24) is 10.3 Å². The fourth-order valence-corrected chi connectivity index (χ4v) is 3.98. The molecule has 2 aliphatic carbocycles. The maximum Gasteiger partial charge on any atom is 0.268 e. The number of aromatic nitrogens is 1. The van der Waals surface area contributed by atoms with E-state index in [-0.39, 0.29) is 11.7 Å². The van der Waals surface area contributed by atoms with E-state index >= 15 is 0 Å². The number of hydrogen-bond acceptors (Lipinski definition) is 2. The first kappa shape index (κ1) is 15.3. The number of carbonyl (C=O) groups is 2. The van der Waals surface area contributed by atoms with Crippen molar-refractivity contribution in [3.05, 3.63) is 22.5 Å². The van der Waals surface area contributed by atoms with Crippen LogP contribution in [-0.4, -0.2) is 23.2 Å². The molecule has 1 aromatic rings. The highest BCUT2D eigenvalue weighted by Crippen LogP contribution is 2.28. The van der Waals surface area contributed by atoms with Crippen LogP contribution in [0.15, 0.2) is 0 Å². The Bertz CT molecular complexity index is 568. The standard InChI is InChI=1S/C18H26N2O2/c1-12-16-14(9-4-10-15(16)21)20-17(12)18(22)19-11-5-8-13-6-2-3-7-13/h13,20H,2-11H2,1H3,(H,19,22). The summed E-state index contributed by atoms with van der Waals surface area (Å²) in [5, 5.41) is 3.01. The van der Waals surface area contributed by atoms with Crippen LogP contribution in [0, 0.1) is 12.8 Å². The number of rotatable bonds is 5. The minimum Gasteiger partial charge on any atom is -0.354 e. The lowest BCUT2D eigenvalue weighted by atomic mass is 9.94. The minimum absolute atomic E-state index is 0.0638. The topological polar surface area (TPSA) is 62.0 Å². The number of amides is 1. The van der Waals surface area contributed by atoms with E-state index in [1.807, 2.05) is 6.92 Å². The van der Waals surface area contributed by atoms with Gasteiger partial charge < -0.3 is 10.3 Å². The first-order valence-corrected chi connectivity index (χ1v) is 8.69. The molecule has 120 valence electrons. The van der Waals surface area contributed by atoms with Gasteiger partial charge in [0.2, 0.25) is 0 Å². The maximum atomic E-state index is 12.3. The number of nitrogens with one attached hydrogen (secondary N) is 2. The van der Waals surface area contributed by atoms with Gasteiger partial charge in [-0.15, -0.1) is 0 Å². The summed E-state index contributed by atoms with van der Waals surface area (Å²) in [7, 11) is 0. The SMILES string of the molecule is Cc1c(C(=O)NCCCC2CCCC2)[nH]c2c1C(=O)CCC2. The molecule has 2 aliphatic rings. The predicted molar refractivity (Wildman–Crippen MR) is 86.3 cm³/mol. The highest BCUT2D eigenvalue weighted by Gasteiger charge is 2.26. The molecule has 22 heavy (non-hydrogen) atoms. The number of carbonyl (C=O) groups excluding carboxylic acids is 2. The van der Waals surface area contributed by atoms with Crippen LogP contribution >= 0.6 is 0 Å². The lowest BCUT2D eigenvalue weighted by Crippen LogP contribution is -2.25. The largest absolute Gasteiger partial charge is 0.354 e. The van der Waals surface area contributed by atoms with Crippen molar-refractivity contribution in [2.24, 2.45) is 5.92 Å².